The van der Waals surface area contributed by atoms with Crippen LogP contribution in [-0.4, -0.2) is 19.6 Å². The highest BCUT2D eigenvalue weighted by Crippen LogP contribution is 1.47. The number of carbonyl (C=O) groups excluding carboxylic acids is 1. The van der Waals surface area contributed by atoms with Gasteiger partial charge in [-0.2, -0.15) is 0 Å². The summed E-state index contributed by atoms with van der Waals surface area (Å²) in [5, 5.41) is 0.847. The number of carbonyl (C=O) groups is 1. The largest absolute Gasteiger partial charge is 0.355 e. The van der Waals surface area contributed by atoms with Gasteiger partial charge in [0.05, 0.1) is 0 Å². The molecule has 0 aromatic rings. The second-order valence-corrected chi connectivity index (χ2v) is 1.46. The van der Waals surface area contributed by atoms with Gasteiger partial charge in [-0.3, -0.25) is 4.84 Å². The smallest absolute Gasteiger partial charge is 0.282 e. The summed E-state index contributed by atoms with van der Waals surface area (Å²) in [5.41, 5.74) is 0. The van der Waals surface area contributed by atoms with E-state index in [4.69, 9.17) is 0 Å². The molecule has 8 heavy (non-hydrogen) atoms. The molecule has 0 saturated carbocycles. The maximum absolute atomic E-state index is 9.69. The quantitative estimate of drug-likeness (QED) is 0.379. The van der Waals surface area contributed by atoms with E-state index in [9.17, 15) is 4.79 Å². The van der Waals surface area contributed by atoms with Gasteiger partial charge in [0, 0.05) is 0 Å². The molecule has 3 nitrogen and oxygen atoms in total. The molecule has 3 heteroatoms. The maximum atomic E-state index is 9.69. The van der Waals surface area contributed by atoms with Crippen LogP contribution in [0.3, 0.4) is 0 Å². The molecule has 1 N–H and O–H groups in total. The Labute approximate surface area is 49.2 Å². The molecule has 0 unspecified atom stereocenters. The van der Waals surface area contributed by atoms with Crippen molar-refractivity contribution in [2.75, 3.05) is 13.1 Å². The monoisotopic (exact) mass is 118 g/mol. The van der Waals surface area contributed by atoms with Gasteiger partial charge in [0.1, 0.15) is 13.1 Å². The molecule has 0 aliphatic rings. The molecule has 0 aliphatic heterocycles. The molecule has 0 amide bonds. The van der Waals surface area contributed by atoms with E-state index in [1.54, 1.807) is 0 Å². The van der Waals surface area contributed by atoms with Crippen molar-refractivity contribution in [3.63, 3.8) is 0 Å². The van der Waals surface area contributed by atoms with Crippen LogP contribution in [0.15, 0.2) is 0 Å². The van der Waals surface area contributed by atoms with E-state index < -0.39 is 0 Å². The fraction of sp³-hybridized carbons (Fsp3) is 0.800. The molecule has 0 spiro atoms. The van der Waals surface area contributed by atoms with Gasteiger partial charge in [0.2, 0.25) is 0 Å². The number of nitrogens with one attached hydrogen (secondary N) is 1. The first kappa shape index (κ1) is 7.43. The molecular formula is C5H12NO2+. The van der Waals surface area contributed by atoms with Crippen molar-refractivity contribution in [1.29, 1.82) is 0 Å². The van der Waals surface area contributed by atoms with E-state index in [1.165, 1.54) is 0 Å². The van der Waals surface area contributed by atoms with Crippen molar-refractivity contribution >= 4 is 6.47 Å². The van der Waals surface area contributed by atoms with E-state index in [0.29, 0.717) is 6.47 Å². The second-order valence-electron chi connectivity index (χ2n) is 1.46. The zero-order chi connectivity index (χ0) is 6.41. The second kappa shape index (κ2) is 4.59. The summed E-state index contributed by atoms with van der Waals surface area (Å²) in [7, 11) is 0. The summed E-state index contributed by atoms with van der Waals surface area (Å²) in [6, 6.07) is 0. The fourth-order valence-corrected chi connectivity index (χ4v) is 0.485. The zero-order valence-electron chi connectivity index (χ0n) is 5.31. The van der Waals surface area contributed by atoms with Gasteiger partial charge < -0.3 is 0 Å². The first-order valence-corrected chi connectivity index (χ1v) is 2.80. The lowest BCUT2D eigenvalue weighted by molar-refractivity contribution is -1.07. The third-order valence-electron chi connectivity index (χ3n) is 1.00. The van der Waals surface area contributed by atoms with E-state index in [0.717, 1.165) is 18.2 Å². The number of hydrogen-bond donors (Lipinski definition) is 1. The summed E-state index contributed by atoms with van der Waals surface area (Å²) in [6.45, 7) is 6.05. The van der Waals surface area contributed by atoms with Crippen LogP contribution in [0.25, 0.3) is 0 Å². The maximum Gasteiger partial charge on any atom is 0.355 e. The highest BCUT2D eigenvalue weighted by atomic mass is 16.7. The van der Waals surface area contributed by atoms with Gasteiger partial charge in [0.25, 0.3) is 0 Å². The molecule has 48 valence electrons. The molecule has 0 aromatic carbocycles. The summed E-state index contributed by atoms with van der Waals surface area (Å²) in [6.07, 6.45) is 0. The van der Waals surface area contributed by atoms with Crippen LogP contribution in [0.1, 0.15) is 13.8 Å². The minimum atomic E-state index is 0.475. The molecule has 0 heterocycles. The molecule has 0 rings (SSSR count). The predicted molar refractivity (Wildman–Crippen MR) is 29.2 cm³/mol. The van der Waals surface area contributed by atoms with E-state index in [-0.39, 0.29) is 0 Å². The van der Waals surface area contributed by atoms with Gasteiger partial charge in [-0.25, -0.2) is 4.79 Å². The highest BCUT2D eigenvalue weighted by Gasteiger charge is 1.98. The Kier molecular flexibility index (Phi) is 4.26. The van der Waals surface area contributed by atoms with Crippen LogP contribution in [-0.2, 0) is 9.63 Å². The molecule has 0 aliphatic carbocycles. The Bertz CT molecular complexity index is 61.4. The highest BCUT2D eigenvalue weighted by molar-refractivity contribution is 5.35. The van der Waals surface area contributed by atoms with Crippen LogP contribution in [0.2, 0.25) is 0 Å². The average Bonchev–Trinajstić information content (AvgIpc) is 1.83. The Morgan fingerprint density at radius 1 is 1.50 bits per heavy atom. The first-order valence-electron chi connectivity index (χ1n) is 2.80. The minimum absolute atomic E-state index is 0.475. The van der Waals surface area contributed by atoms with Crippen LogP contribution in [0.5, 0.6) is 0 Å². The normalized spacial score (nSPS) is 9.38. The Balaban J connectivity index is 3.20. The zero-order valence-corrected chi connectivity index (χ0v) is 5.31. The van der Waals surface area contributed by atoms with Crippen molar-refractivity contribution in [1.82, 2.24) is 0 Å². The van der Waals surface area contributed by atoms with Gasteiger partial charge in [-0.1, -0.05) is 0 Å². The van der Waals surface area contributed by atoms with Crippen LogP contribution in [0, 0.1) is 0 Å². The summed E-state index contributed by atoms with van der Waals surface area (Å²) in [4.78, 5) is 14.3. The van der Waals surface area contributed by atoms with Gasteiger partial charge in [0.15, 0.2) is 0 Å². The van der Waals surface area contributed by atoms with E-state index >= 15 is 0 Å². The molecule has 0 radical (unpaired) electrons. The van der Waals surface area contributed by atoms with Crippen molar-refractivity contribution in [3.8, 4) is 0 Å². The summed E-state index contributed by atoms with van der Waals surface area (Å²) < 4.78 is 0. The molecular weight excluding hydrogens is 106 g/mol. The summed E-state index contributed by atoms with van der Waals surface area (Å²) >= 11 is 0. The average molecular weight is 118 g/mol. The number of hydroxylamine groups is 2. The molecule has 0 aromatic heterocycles. The predicted octanol–water partition coefficient (Wildman–Crippen LogP) is -1.00. The molecule has 0 atom stereocenters. The third-order valence-corrected chi connectivity index (χ3v) is 1.00. The standard InChI is InChI=1S/C5H11NO2/c1-3-6(4-2)8-5-7/h5H,3-4H2,1-2H3/p+1. The lowest BCUT2D eigenvalue weighted by atomic mass is 10.6. The number of quaternary nitrogens is 1. The van der Waals surface area contributed by atoms with Crippen LogP contribution >= 0.6 is 0 Å². The summed E-state index contributed by atoms with van der Waals surface area (Å²) in [5.74, 6) is 0. The Morgan fingerprint density at radius 3 is 2.12 bits per heavy atom. The van der Waals surface area contributed by atoms with Crippen LogP contribution in [0.4, 0.5) is 0 Å². The van der Waals surface area contributed by atoms with Gasteiger partial charge in [-0.05, 0) is 13.8 Å². The van der Waals surface area contributed by atoms with Crippen LogP contribution < -0.4 is 5.06 Å². The number of hydrogen-bond acceptors (Lipinski definition) is 2. The van der Waals surface area contributed by atoms with Crippen molar-refractivity contribution in [2.24, 2.45) is 0 Å². The van der Waals surface area contributed by atoms with Gasteiger partial charge >= 0.3 is 6.47 Å². The third kappa shape index (κ3) is 2.58. The van der Waals surface area contributed by atoms with Crippen molar-refractivity contribution in [3.05, 3.63) is 0 Å². The van der Waals surface area contributed by atoms with E-state index in [2.05, 4.69) is 4.84 Å². The lowest BCUT2D eigenvalue weighted by Gasteiger charge is -2.07. The molecule has 0 bridgehead atoms. The number of rotatable bonds is 4. The SMILES string of the molecule is CC[NH+](CC)OC=O. The van der Waals surface area contributed by atoms with E-state index in [1.807, 2.05) is 13.8 Å². The fourth-order valence-electron chi connectivity index (χ4n) is 0.485. The Hall–Kier alpha value is -0.570. The minimum Gasteiger partial charge on any atom is -0.282 e. The first-order chi connectivity index (χ1) is 3.85. The Morgan fingerprint density at radius 2 is 2.00 bits per heavy atom. The molecule has 0 saturated heterocycles. The molecule has 0 fully saturated rings. The van der Waals surface area contributed by atoms with Crippen molar-refractivity contribution < 1.29 is 14.7 Å². The van der Waals surface area contributed by atoms with Gasteiger partial charge in [-0.15, -0.1) is 5.06 Å². The van der Waals surface area contributed by atoms with Crippen molar-refractivity contribution in [2.45, 2.75) is 13.8 Å². The lowest BCUT2D eigenvalue weighted by Crippen LogP contribution is -3.10. The topological polar surface area (TPSA) is 30.7 Å².